The van der Waals surface area contributed by atoms with Gasteiger partial charge in [0.1, 0.15) is 25.5 Å². The lowest BCUT2D eigenvalue weighted by molar-refractivity contribution is -0.385. The number of rotatable bonds is 9. The Morgan fingerprint density at radius 2 is 1.97 bits per heavy atom. The third kappa shape index (κ3) is 5.91. The smallest absolute Gasteiger partial charge is 0.307 e. The van der Waals surface area contributed by atoms with E-state index in [2.05, 4.69) is 15.6 Å². The van der Waals surface area contributed by atoms with Crippen LogP contribution in [0.25, 0.3) is 0 Å². The molecule has 32 heavy (non-hydrogen) atoms. The van der Waals surface area contributed by atoms with Gasteiger partial charge in [0.25, 0.3) is 5.91 Å². The van der Waals surface area contributed by atoms with Crippen LogP contribution in [0.5, 0.6) is 11.5 Å². The molecule has 0 radical (unpaired) electrons. The van der Waals surface area contributed by atoms with Gasteiger partial charge in [-0.2, -0.15) is 10.2 Å². The average molecular weight is 437 g/mol. The summed E-state index contributed by atoms with van der Waals surface area (Å²) >= 11 is 0. The van der Waals surface area contributed by atoms with Crippen molar-refractivity contribution in [3.63, 3.8) is 0 Å². The third-order valence-electron chi connectivity index (χ3n) is 4.58. The molecular formula is C22H23N5O5. The number of carbonyl (C=O) groups excluding carboxylic acids is 1. The fourth-order valence-electron chi connectivity index (χ4n) is 2.78. The first-order valence-electron chi connectivity index (χ1n) is 9.72. The Labute approximate surface area is 184 Å². The monoisotopic (exact) mass is 437 g/mol. The van der Waals surface area contributed by atoms with Crippen LogP contribution < -0.4 is 14.9 Å². The molecule has 1 heterocycles. The van der Waals surface area contributed by atoms with Crippen molar-refractivity contribution in [2.75, 3.05) is 7.11 Å². The number of nitrogens with one attached hydrogen (secondary N) is 1. The molecule has 0 spiro atoms. The molecule has 0 aliphatic rings. The Bertz CT molecular complexity index is 1140. The highest BCUT2D eigenvalue weighted by Crippen LogP contribution is 2.29. The van der Waals surface area contributed by atoms with Crippen molar-refractivity contribution in [3.05, 3.63) is 81.7 Å². The Balaban J connectivity index is 1.61. The number of carbonyl (C=O) groups is 1. The van der Waals surface area contributed by atoms with E-state index in [4.69, 9.17) is 9.47 Å². The first kappa shape index (κ1) is 22.5. The maximum atomic E-state index is 12.1. The van der Waals surface area contributed by atoms with E-state index in [1.165, 1.54) is 16.4 Å². The Hall–Kier alpha value is -4.21. The molecule has 1 aromatic heterocycles. The Morgan fingerprint density at radius 3 is 2.62 bits per heavy atom. The highest BCUT2D eigenvalue weighted by atomic mass is 16.6. The largest absolute Gasteiger partial charge is 0.493 e. The van der Waals surface area contributed by atoms with Gasteiger partial charge in [-0.15, -0.1) is 0 Å². The minimum Gasteiger partial charge on any atom is -0.493 e. The molecule has 0 aliphatic carbocycles. The first-order valence-corrected chi connectivity index (χ1v) is 9.72. The molecule has 1 N–H and O–H groups in total. The van der Waals surface area contributed by atoms with Crippen LogP contribution in [0.3, 0.4) is 0 Å². The van der Waals surface area contributed by atoms with E-state index >= 15 is 0 Å². The number of hydrazone groups is 1. The number of hydrogen-bond donors (Lipinski definition) is 1. The molecule has 3 aromatic rings. The van der Waals surface area contributed by atoms with E-state index in [0.717, 1.165) is 17.3 Å². The topological polar surface area (TPSA) is 121 Å². The highest BCUT2D eigenvalue weighted by molar-refractivity contribution is 5.99. The summed E-state index contributed by atoms with van der Waals surface area (Å²) in [6.45, 7) is 3.98. The molecular weight excluding hydrogens is 414 g/mol. The number of aromatic nitrogens is 2. The molecule has 0 bridgehead atoms. The van der Waals surface area contributed by atoms with Gasteiger partial charge >= 0.3 is 5.69 Å². The summed E-state index contributed by atoms with van der Waals surface area (Å²) in [4.78, 5) is 22.2. The van der Waals surface area contributed by atoms with Gasteiger partial charge in [0, 0.05) is 5.56 Å². The fraction of sp³-hybridized carbons (Fsp3) is 0.227. The normalized spacial score (nSPS) is 11.2. The highest BCUT2D eigenvalue weighted by Gasteiger charge is 2.12. The molecule has 10 nitrogen and oxygen atoms in total. The number of aryl methyl sites for hydroxylation is 1. The van der Waals surface area contributed by atoms with Crippen molar-refractivity contribution in [3.8, 4) is 11.5 Å². The fourth-order valence-corrected chi connectivity index (χ4v) is 2.78. The second kappa shape index (κ2) is 10.2. The minimum atomic E-state index is -0.578. The van der Waals surface area contributed by atoms with Gasteiger partial charge in [-0.25, -0.2) is 5.43 Å². The lowest BCUT2D eigenvalue weighted by atomic mass is 10.1. The molecule has 3 rings (SSSR count). The van der Waals surface area contributed by atoms with E-state index in [1.54, 1.807) is 26.2 Å². The summed E-state index contributed by atoms with van der Waals surface area (Å²) in [5.74, 6) is 0.667. The molecule has 0 unspecified atom stereocenters. The number of amides is 1. The first-order chi connectivity index (χ1) is 15.4. The zero-order valence-electron chi connectivity index (χ0n) is 17.9. The van der Waals surface area contributed by atoms with Crippen LogP contribution in [0.15, 0.2) is 60.0 Å². The Kier molecular flexibility index (Phi) is 7.17. The van der Waals surface area contributed by atoms with Crippen LogP contribution in [0.1, 0.15) is 23.6 Å². The summed E-state index contributed by atoms with van der Waals surface area (Å²) < 4.78 is 12.5. The molecule has 0 fully saturated rings. The number of nitro groups is 1. The second-order valence-corrected chi connectivity index (χ2v) is 7.03. The number of nitrogens with zero attached hydrogens (tertiary/aromatic N) is 4. The van der Waals surface area contributed by atoms with Crippen LogP contribution in [0.2, 0.25) is 0 Å². The van der Waals surface area contributed by atoms with Crippen molar-refractivity contribution in [2.24, 2.45) is 5.10 Å². The SMILES string of the molecule is COc1cc(/C(C)=N/NC(=O)Cn2cc([N+](=O)[O-])cn2)ccc1OCc1ccc(C)cc1. The number of methoxy groups -OCH3 is 1. The summed E-state index contributed by atoms with van der Waals surface area (Å²) in [6.07, 6.45) is 2.26. The summed E-state index contributed by atoms with van der Waals surface area (Å²) in [7, 11) is 1.55. The van der Waals surface area contributed by atoms with E-state index in [0.29, 0.717) is 23.8 Å². The van der Waals surface area contributed by atoms with E-state index in [1.807, 2.05) is 37.3 Å². The minimum absolute atomic E-state index is 0.186. The summed E-state index contributed by atoms with van der Waals surface area (Å²) in [5.41, 5.74) is 5.75. The predicted octanol–water partition coefficient (Wildman–Crippen LogP) is 3.23. The Morgan fingerprint density at radius 1 is 1.22 bits per heavy atom. The number of ether oxygens (including phenoxy) is 2. The number of hydrogen-bond acceptors (Lipinski definition) is 7. The van der Waals surface area contributed by atoms with Crippen molar-refractivity contribution < 1.29 is 19.2 Å². The van der Waals surface area contributed by atoms with Crippen molar-refractivity contribution >= 4 is 17.3 Å². The van der Waals surface area contributed by atoms with Crippen LogP contribution in [0, 0.1) is 17.0 Å². The third-order valence-corrected chi connectivity index (χ3v) is 4.58. The zero-order valence-corrected chi connectivity index (χ0v) is 17.9. The maximum Gasteiger partial charge on any atom is 0.307 e. The van der Waals surface area contributed by atoms with E-state index < -0.39 is 10.8 Å². The predicted molar refractivity (Wildman–Crippen MR) is 118 cm³/mol. The molecule has 0 atom stereocenters. The van der Waals surface area contributed by atoms with Gasteiger partial charge in [-0.05, 0) is 37.6 Å². The molecule has 2 aromatic carbocycles. The molecule has 166 valence electrons. The summed E-state index contributed by atoms with van der Waals surface area (Å²) in [6, 6.07) is 13.4. The van der Waals surface area contributed by atoms with Gasteiger partial charge in [-0.1, -0.05) is 29.8 Å². The van der Waals surface area contributed by atoms with Crippen molar-refractivity contribution in [2.45, 2.75) is 27.0 Å². The molecule has 0 saturated carbocycles. The lowest BCUT2D eigenvalue weighted by Gasteiger charge is -2.12. The van der Waals surface area contributed by atoms with Gasteiger partial charge in [-0.3, -0.25) is 19.6 Å². The molecule has 0 aliphatic heterocycles. The second-order valence-electron chi connectivity index (χ2n) is 7.03. The van der Waals surface area contributed by atoms with Crippen LogP contribution in [-0.2, 0) is 17.9 Å². The molecule has 1 amide bonds. The lowest BCUT2D eigenvalue weighted by Crippen LogP contribution is -2.24. The van der Waals surface area contributed by atoms with Crippen molar-refractivity contribution in [1.82, 2.24) is 15.2 Å². The van der Waals surface area contributed by atoms with Crippen LogP contribution in [-0.4, -0.2) is 33.4 Å². The average Bonchev–Trinajstić information content (AvgIpc) is 3.25. The quantitative estimate of drug-likeness (QED) is 0.312. The number of benzene rings is 2. The van der Waals surface area contributed by atoms with Gasteiger partial charge in [0.2, 0.25) is 0 Å². The summed E-state index contributed by atoms with van der Waals surface area (Å²) in [5, 5.41) is 18.5. The standard InChI is InChI=1S/C22H23N5O5/c1-15-4-6-17(7-5-15)14-32-20-9-8-18(10-21(20)31-3)16(2)24-25-22(28)13-26-12-19(11-23-26)27(29)30/h4-12H,13-14H2,1-3H3,(H,25,28)/b24-16+. The van der Waals surface area contributed by atoms with E-state index in [-0.39, 0.29) is 12.2 Å². The zero-order chi connectivity index (χ0) is 23.1. The van der Waals surface area contributed by atoms with Crippen molar-refractivity contribution in [1.29, 1.82) is 0 Å². The van der Waals surface area contributed by atoms with Gasteiger partial charge in [0.05, 0.1) is 17.7 Å². The van der Waals surface area contributed by atoms with Gasteiger partial charge < -0.3 is 9.47 Å². The molecule has 0 saturated heterocycles. The van der Waals surface area contributed by atoms with E-state index in [9.17, 15) is 14.9 Å². The maximum absolute atomic E-state index is 12.1. The molecule has 10 heteroatoms. The van der Waals surface area contributed by atoms with Gasteiger partial charge in [0.15, 0.2) is 11.5 Å². The van der Waals surface area contributed by atoms with Crippen LogP contribution in [0.4, 0.5) is 5.69 Å². The van der Waals surface area contributed by atoms with Crippen LogP contribution >= 0.6 is 0 Å².